The Hall–Kier alpha value is -6.92. The fraction of sp³-hybridized carbons (Fsp3) is 0. The molecular formula is C44H28N6. The van der Waals surface area contributed by atoms with Gasteiger partial charge in [-0.3, -0.25) is 9.47 Å². The zero-order valence-electron chi connectivity index (χ0n) is 26.8. The number of hydrogen-bond donors (Lipinski definition) is 0. The Morgan fingerprint density at radius 2 is 0.920 bits per heavy atom. The Kier molecular flexibility index (Phi) is 6.39. The van der Waals surface area contributed by atoms with E-state index in [0.717, 1.165) is 61.9 Å². The van der Waals surface area contributed by atoms with Crippen LogP contribution in [0.5, 0.6) is 0 Å². The molecule has 0 bridgehead atoms. The molecule has 6 nitrogen and oxygen atoms in total. The quantitative estimate of drug-likeness (QED) is 0.192. The van der Waals surface area contributed by atoms with Crippen molar-refractivity contribution in [1.29, 1.82) is 0 Å². The summed E-state index contributed by atoms with van der Waals surface area (Å²) in [7, 11) is 0. The van der Waals surface area contributed by atoms with Crippen LogP contribution in [0.15, 0.2) is 170 Å². The van der Waals surface area contributed by atoms with Gasteiger partial charge in [0.05, 0.1) is 22.4 Å². The Morgan fingerprint density at radius 3 is 1.60 bits per heavy atom. The molecule has 9 aromatic rings. The molecule has 2 aromatic heterocycles. The van der Waals surface area contributed by atoms with Crippen LogP contribution in [-0.4, -0.2) is 24.5 Å². The second-order valence-corrected chi connectivity index (χ2v) is 12.4. The number of aromatic nitrogens is 5. The maximum atomic E-state index is 5.28. The van der Waals surface area contributed by atoms with E-state index in [2.05, 4.69) is 113 Å². The van der Waals surface area contributed by atoms with Gasteiger partial charge in [-0.25, -0.2) is 19.9 Å². The Morgan fingerprint density at radius 1 is 0.380 bits per heavy atom. The molecular weight excluding hydrogens is 613 g/mol. The van der Waals surface area contributed by atoms with Gasteiger partial charge in [0.1, 0.15) is 0 Å². The van der Waals surface area contributed by atoms with Crippen molar-refractivity contribution in [1.82, 2.24) is 24.5 Å². The highest BCUT2D eigenvalue weighted by Crippen LogP contribution is 2.48. The number of nitrogens with zero attached hydrogens (tertiary/aromatic N) is 6. The third-order valence-corrected chi connectivity index (χ3v) is 9.37. The molecule has 6 heteroatoms. The smallest absolute Gasteiger partial charge is 0.220 e. The van der Waals surface area contributed by atoms with E-state index in [9.17, 15) is 0 Å². The zero-order valence-corrected chi connectivity index (χ0v) is 26.8. The molecule has 0 fully saturated rings. The van der Waals surface area contributed by atoms with E-state index >= 15 is 0 Å². The predicted octanol–water partition coefficient (Wildman–Crippen LogP) is 10.8. The summed E-state index contributed by atoms with van der Waals surface area (Å²) < 4.78 is 2.30. The van der Waals surface area contributed by atoms with E-state index < -0.39 is 0 Å². The van der Waals surface area contributed by atoms with Crippen LogP contribution in [0.3, 0.4) is 0 Å². The van der Waals surface area contributed by atoms with Crippen LogP contribution in [0, 0.1) is 0 Å². The molecule has 0 unspecified atom stereocenters. The van der Waals surface area contributed by atoms with Crippen molar-refractivity contribution < 1.29 is 0 Å². The van der Waals surface area contributed by atoms with Crippen molar-refractivity contribution >= 4 is 39.1 Å². The number of imidazole rings is 1. The van der Waals surface area contributed by atoms with E-state index in [1.165, 1.54) is 10.8 Å². The lowest BCUT2D eigenvalue weighted by Crippen LogP contribution is -2.14. The summed E-state index contributed by atoms with van der Waals surface area (Å²) in [5.41, 5.74) is 10.2. The summed E-state index contributed by atoms with van der Waals surface area (Å²) in [6, 6.07) is 58.7. The van der Waals surface area contributed by atoms with Crippen LogP contribution in [0.2, 0.25) is 0 Å². The normalized spacial score (nSPS) is 12.0. The Balaban J connectivity index is 1.16. The van der Waals surface area contributed by atoms with Gasteiger partial charge in [0.25, 0.3) is 0 Å². The Bertz CT molecular complexity index is 2640. The van der Waals surface area contributed by atoms with Gasteiger partial charge in [-0.05, 0) is 65.4 Å². The van der Waals surface area contributed by atoms with Crippen LogP contribution >= 0.6 is 0 Å². The maximum Gasteiger partial charge on any atom is 0.220 e. The summed E-state index contributed by atoms with van der Waals surface area (Å²) in [6.07, 6.45) is 0. The first-order valence-corrected chi connectivity index (χ1v) is 16.7. The molecule has 0 spiro atoms. The summed E-state index contributed by atoms with van der Waals surface area (Å²) >= 11 is 0. The average molecular weight is 641 g/mol. The Labute approximate surface area is 288 Å². The number of hydrogen-bond acceptors (Lipinski definition) is 5. The standard InChI is InChI=1S/C44H28N6/c1-3-13-29(14-4-1)41-46-42(30-15-5-2-6-16-30)48-43(47-41)31-23-25-34(26-24-31)49-38-21-11-9-19-35(38)36-27-32-17-7-8-18-33(32)28-40(36)50-39-22-12-10-20-37(39)45-44(49)50/h1-28H. The fourth-order valence-electron chi connectivity index (χ4n) is 6.99. The van der Waals surface area contributed by atoms with Gasteiger partial charge in [-0.1, -0.05) is 115 Å². The number of anilines is 3. The van der Waals surface area contributed by atoms with Gasteiger partial charge in [0.2, 0.25) is 5.95 Å². The number of para-hydroxylation sites is 3. The third-order valence-electron chi connectivity index (χ3n) is 9.37. The molecule has 3 heterocycles. The van der Waals surface area contributed by atoms with E-state index in [-0.39, 0.29) is 0 Å². The monoisotopic (exact) mass is 640 g/mol. The van der Waals surface area contributed by atoms with Crippen LogP contribution in [0.4, 0.5) is 17.3 Å². The largest absolute Gasteiger partial charge is 0.280 e. The number of fused-ring (bicyclic) bond motifs is 8. The summed E-state index contributed by atoms with van der Waals surface area (Å²) in [6.45, 7) is 0. The molecule has 0 saturated heterocycles. The average Bonchev–Trinajstić information content (AvgIpc) is 3.52. The molecule has 0 radical (unpaired) electrons. The molecule has 0 N–H and O–H groups in total. The highest BCUT2D eigenvalue weighted by molar-refractivity contribution is 6.01. The molecule has 7 aromatic carbocycles. The lowest BCUT2D eigenvalue weighted by molar-refractivity contribution is 1.05. The van der Waals surface area contributed by atoms with Crippen LogP contribution < -0.4 is 4.90 Å². The minimum Gasteiger partial charge on any atom is -0.280 e. The van der Waals surface area contributed by atoms with Crippen molar-refractivity contribution in [3.8, 4) is 51.0 Å². The van der Waals surface area contributed by atoms with Crippen molar-refractivity contribution in [3.05, 3.63) is 170 Å². The number of benzene rings is 7. The molecule has 0 atom stereocenters. The summed E-state index contributed by atoms with van der Waals surface area (Å²) in [5.74, 6) is 2.72. The van der Waals surface area contributed by atoms with Crippen molar-refractivity contribution in [2.75, 3.05) is 4.90 Å². The first-order chi connectivity index (χ1) is 24.8. The highest BCUT2D eigenvalue weighted by atomic mass is 15.3. The summed E-state index contributed by atoms with van der Waals surface area (Å²) in [5, 5.41) is 2.39. The van der Waals surface area contributed by atoms with Gasteiger partial charge >= 0.3 is 0 Å². The first-order valence-electron chi connectivity index (χ1n) is 16.7. The van der Waals surface area contributed by atoms with Crippen LogP contribution in [-0.2, 0) is 0 Å². The maximum absolute atomic E-state index is 5.28. The van der Waals surface area contributed by atoms with E-state index in [1.54, 1.807) is 0 Å². The van der Waals surface area contributed by atoms with Crippen molar-refractivity contribution in [2.24, 2.45) is 0 Å². The van der Waals surface area contributed by atoms with Crippen molar-refractivity contribution in [2.45, 2.75) is 0 Å². The van der Waals surface area contributed by atoms with Crippen molar-refractivity contribution in [3.63, 3.8) is 0 Å². The molecule has 10 rings (SSSR count). The molecule has 234 valence electrons. The number of rotatable bonds is 4. The zero-order chi connectivity index (χ0) is 33.0. The first kappa shape index (κ1) is 28.1. The lowest BCUT2D eigenvalue weighted by Gasteiger charge is -2.24. The molecule has 50 heavy (non-hydrogen) atoms. The SMILES string of the molecule is c1ccc(-c2nc(-c3ccccc3)nc(-c3ccc(N4c5ccccc5-c5cc6ccccc6cc5-n5c4nc4ccccc45)cc3)n2)cc1. The minimum absolute atomic E-state index is 0.617. The summed E-state index contributed by atoms with van der Waals surface area (Å²) in [4.78, 5) is 22.3. The van der Waals surface area contributed by atoms with Gasteiger partial charge < -0.3 is 0 Å². The fourth-order valence-corrected chi connectivity index (χ4v) is 6.99. The van der Waals surface area contributed by atoms with E-state index in [4.69, 9.17) is 19.9 Å². The van der Waals surface area contributed by atoms with E-state index in [1.807, 2.05) is 66.7 Å². The van der Waals surface area contributed by atoms with Gasteiger partial charge in [-0.2, -0.15) is 0 Å². The second-order valence-electron chi connectivity index (χ2n) is 12.4. The highest BCUT2D eigenvalue weighted by Gasteiger charge is 2.29. The second kappa shape index (κ2) is 11.4. The third kappa shape index (κ3) is 4.58. The molecule has 0 amide bonds. The molecule has 1 aliphatic rings. The van der Waals surface area contributed by atoms with Crippen LogP contribution in [0.25, 0.3) is 72.8 Å². The van der Waals surface area contributed by atoms with Gasteiger partial charge in [-0.15, -0.1) is 0 Å². The van der Waals surface area contributed by atoms with Gasteiger partial charge in [0, 0.05) is 33.5 Å². The topological polar surface area (TPSA) is 59.7 Å². The lowest BCUT2D eigenvalue weighted by atomic mass is 9.97. The van der Waals surface area contributed by atoms with E-state index in [0.29, 0.717) is 17.5 Å². The molecule has 1 aliphatic heterocycles. The van der Waals surface area contributed by atoms with Gasteiger partial charge in [0.15, 0.2) is 17.5 Å². The molecule has 0 saturated carbocycles. The molecule has 0 aliphatic carbocycles. The van der Waals surface area contributed by atoms with Crippen LogP contribution in [0.1, 0.15) is 0 Å². The minimum atomic E-state index is 0.617. The predicted molar refractivity (Wildman–Crippen MR) is 202 cm³/mol.